The van der Waals surface area contributed by atoms with Gasteiger partial charge in [0, 0.05) is 52.7 Å². The SMILES string of the molecule is CN(CCCCCn1cc(NC(=O)c2cc(N)cn2C)cc1C(=O)NCCCO[Si](C)(C)C(C)(C)C)C(=O)OC(C)(C)C. The Bertz CT molecular complexity index is 1240. The van der Waals surface area contributed by atoms with Gasteiger partial charge in [-0.25, -0.2) is 4.79 Å². The van der Waals surface area contributed by atoms with E-state index in [1.807, 2.05) is 25.3 Å². The van der Waals surface area contributed by atoms with E-state index in [1.54, 1.807) is 48.1 Å². The van der Waals surface area contributed by atoms with Gasteiger partial charge >= 0.3 is 6.09 Å². The molecule has 0 bridgehead atoms. The van der Waals surface area contributed by atoms with Crippen molar-refractivity contribution in [1.29, 1.82) is 0 Å². The lowest BCUT2D eigenvalue weighted by atomic mass is 10.2. The van der Waals surface area contributed by atoms with Crippen LogP contribution >= 0.6 is 0 Å². The Morgan fingerprint density at radius 3 is 2.21 bits per heavy atom. The summed E-state index contributed by atoms with van der Waals surface area (Å²) in [5, 5.41) is 6.03. The number of nitrogen functional groups attached to an aromatic ring is 1. The van der Waals surface area contributed by atoms with E-state index in [0.29, 0.717) is 55.4 Å². The van der Waals surface area contributed by atoms with Crippen molar-refractivity contribution in [3.63, 3.8) is 0 Å². The van der Waals surface area contributed by atoms with Gasteiger partial charge in [-0.2, -0.15) is 0 Å². The number of carbonyl (C=O) groups is 3. The van der Waals surface area contributed by atoms with Crippen LogP contribution in [0.15, 0.2) is 24.5 Å². The predicted molar refractivity (Wildman–Crippen MR) is 175 cm³/mol. The average molecular weight is 619 g/mol. The second-order valence-electron chi connectivity index (χ2n) is 13.7. The summed E-state index contributed by atoms with van der Waals surface area (Å²) in [7, 11) is 1.65. The number of aryl methyl sites for hydroxylation is 2. The van der Waals surface area contributed by atoms with E-state index in [0.717, 1.165) is 19.3 Å². The summed E-state index contributed by atoms with van der Waals surface area (Å²) in [4.78, 5) is 39.9. The van der Waals surface area contributed by atoms with Crippen LogP contribution in [0.1, 0.15) is 88.2 Å². The zero-order chi connectivity index (χ0) is 32.6. The Balaban J connectivity index is 2.01. The minimum absolute atomic E-state index is 0.133. The number of amides is 3. The number of nitrogens with one attached hydrogen (secondary N) is 2. The Labute approximate surface area is 258 Å². The van der Waals surface area contributed by atoms with E-state index < -0.39 is 13.9 Å². The van der Waals surface area contributed by atoms with Crippen LogP contribution in [0.4, 0.5) is 16.2 Å². The molecule has 2 aromatic heterocycles. The number of hydrogen-bond donors (Lipinski definition) is 3. The Morgan fingerprint density at radius 2 is 1.63 bits per heavy atom. The van der Waals surface area contributed by atoms with E-state index in [9.17, 15) is 14.4 Å². The molecule has 0 aliphatic rings. The van der Waals surface area contributed by atoms with Crippen LogP contribution < -0.4 is 16.4 Å². The number of ether oxygens (including phenoxy) is 1. The molecule has 4 N–H and O–H groups in total. The monoisotopic (exact) mass is 618 g/mol. The number of hydrogen-bond acceptors (Lipinski definition) is 6. The third kappa shape index (κ3) is 11.4. The first-order chi connectivity index (χ1) is 19.8. The molecule has 0 atom stereocenters. The van der Waals surface area contributed by atoms with Crippen molar-refractivity contribution in [2.24, 2.45) is 7.05 Å². The van der Waals surface area contributed by atoms with Gasteiger partial charge in [-0.1, -0.05) is 20.8 Å². The lowest BCUT2D eigenvalue weighted by molar-refractivity contribution is 0.0295. The standard InChI is InChI=1S/C31H54N6O5Si/c1-30(2,3)42-29(40)35(7)16-12-11-13-17-37-22-24(34-28(39)25-19-23(32)21-36(25)8)20-26(37)27(38)33-15-14-18-41-43(9,10)31(4,5)6/h19-22H,11-18,32H2,1-10H3,(H,33,38)(H,34,39). The second kappa shape index (κ2) is 15.0. The highest BCUT2D eigenvalue weighted by atomic mass is 28.4. The molecule has 2 rings (SSSR count). The van der Waals surface area contributed by atoms with Gasteiger partial charge in [-0.05, 0) is 76.7 Å². The third-order valence-electron chi connectivity index (χ3n) is 7.62. The summed E-state index contributed by atoms with van der Waals surface area (Å²) in [5.74, 6) is -0.517. The third-order valence-corrected chi connectivity index (χ3v) is 12.2. The van der Waals surface area contributed by atoms with Gasteiger partial charge in [0.2, 0.25) is 0 Å². The summed E-state index contributed by atoms with van der Waals surface area (Å²) < 4.78 is 15.2. The van der Waals surface area contributed by atoms with Gasteiger partial charge in [0.05, 0.1) is 11.4 Å². The fraction of sp³-hybridized carbons (Fsp3) is 0.645. The number of nitrogens with two attached hydrogens (primary N) is 1. The Kier molecular flexibility index (Phi) is 12.5. The van der Waals surface area contributed by atoms with Crippen molar-refractivity contribution in [3.05, 3.63) is 35.9 Å². The molecule has 11 nitrogen and oxygen atoms in total. The molecule has 0 aliphatic carbocycles. The van der Waals surface area contributed by atoms with Crippen LogP contribution in [-0.4, -0.2) is 72.6 Å². The van der Waals surface area contributed by atoms with Gasteiger partial charge < -0.3 is 39.6 Å². The number of aromatic nitrogens is 2. The van der Waals surface area contributed by atoms with Crippen molar-refractivity contribution in [1.82, 2.24) is 19.4 Å². The zero-order valence-electron chi connectivity index (χ0n) is 27.9. The lowest BCUT2D eigenvalue weighted by Gasteiger charge is -2.36. The molecule has 0 unspecified atom stereocenters. The van der Waals surface area contributed by atoms with Crippen molar-refractivity contribution in [2.75, 3.05) is 37.8 Å². The number of carbonyl (C=O) groups excluding carboxylic acids is 3. The normalized spacial score (nSPS) is 12.2. The molecule has 12 heteroatoms. The minimum Gasteiger partial charge on any atom is -0.444 e. The summed E-state index contributed by atoms with van der Waals surface area (Å²) >= 11 is 0. The van der Waals surface area contributed by atoms with Gasteiger partial charge in [-0.15, -0.1) is 0 Å². The topological polar surface area (TPSA) is 133 Å². The molecule has 0 spiro atoms. The van der Waals surface area contributed by atoms with E-state index in [4.69, 9.17) is 14.9 Å². The molecule has 0 radical (unpaired) electrons. The van der Waals surface area contributed by atoms with Crippen LogP contribution in [0, 0.1) is 0 Å². The summed E-state index contributed by atoms with van der Waals surface area (Å²) in [5.41, 5.74) is 7.23. The molecule has 2 heterocycles. The maximum Gasteiger partial charge on any atom is 0.410 e. The van der Waals surface area contributed by atoms with Gasteiger partial charge in [-0.3, -0.25) is 9.59 Å². The fourth-order valence-corrected chi connectivity index (χ4v) is 5.20. The van der Waals surface area contributed by atoms with Crippen LogP contribution in [0.3, 0.4) is 0 Å². The van der Waals surface area contributed by atoms with Crippen LogP contribution in [-0.2, 0) is 22.8 Å². The summed E-state index contributed by atoms with van der Waals surface area (Å²) in [6, 6.07) is 3.31. The first-order valence-corrected chi connectivity index (χ1v) is 18.0. The largest absolute Gasteiger partial charge is 0.444 e. The molecule has 242 valence electrons. The first kappa shape index (κ1) is 35.9. The smallest absolute Gasteiger partial charge is 0.410 e. The molecule has 0 aromatic carbocycles. The van der Waals surface area contributed by atoms with E-state index in [2.05, 4.69) is 44.5 Å². The quantitative estimate of drug-likeness (QED) is 0.180. The van der Waals surface area contributed by atoms with E-state index >= 15 is 0 Å². The van der Waals surface area contributed by atoms with Crippen molar-refractivity contribution >= 4 is 37.6 Å². The highest BCUT2D eigenvalue weighted by Crippen LogP contribution is 2.36. The van der Waals surface area contributed by atoms with E-state index in [-0.39, 0.29) is 22.9 Å². The number of nitrogens with zero attached hydrogens (tertiary/aromatic N) is 3. The van der Waals surface area contributed by atoms with Crippen LogP contribution in [0.2, 0.25) is 18.1 Å². The van der Waals surface area contributed by atoms with Gasteiger partial charge in [0.25, 0.3) is 11.8 Å². The molecule has 2 aromatic rings. The summed E-state index contributed by atoms with van der Waals surface area (Å²) in [6.07, 6.45) is 6.27. The number of anilines is 2. The highest BCUT2D eigenvalue weighted by molar-refractivity contribution is 6.74. The zero-order valence-corrected chi connectivity index (χ0v) is 28.9. The van der Waals surface area contributed by atoms with Crippen molar-refractivity contribution < 1.29 is 23.5 Å². The second-order valence-corrected chi connectivity index (χ2v) is 18.5. The van der Waals surface area contributed by atoms with Crippen molar-refractivity contribution in [2.45, 2.75) is 97.5 Å². The molecular formula is C31H54N6O5Si. The minimum atomic E-state index is -1.84. The molecule has 0 fully saturated rings. The molecule has 43 heavy (non-hydrogen) atoms. The maximum atomic E-state index is 13.2. The molecule has 3 amide bonds. The maximum absolute atomic E-state index is 13.2. The van der Waals surface area contributed by atoms with Crippen LogP contribution in [0.5, 0.6) is 0 Å². The highest BCUT2D eigenvalue weighted by Gasteiger charge is 2.36. The van der Waals surface area contributed by atoms with E-state index in [1.165, 1.54) is 0 Å². The predicted octanol–water partition coefficient (Wildman–Crippen LogP) is 5.84. The summed E-state index contributed by atoms with van der Waals surface area (Å²) in [6.45, 7) is 18.8. The van der Waals surface area contributed by atoms with Crippen LogP contribution in [0.25, 0.3) is 0 Å². The number of unbranched alkanes of at least 4 members (excludes halogenated alkanes) is 2. The molecule has 0 saturated heterocycles. The average Bonchev–Trinajstić information content (AvgIpc) is 3.43. The van der Waals surface area contributed by atoms with Crippen molar-refractivity contribution in [3.8, 4) is 0 Å². The fourth-order valence-electron chi connectivity index (χ4n) is 4.11. The van der Waals surface area contributed by atoms with Gasteiger partial charge in [0.15, 0.2) is 8.32 Å². The van der Waals surface area contributed by atoms with Gasteiger partial charge in [0.1, 0.15) is 17.0 Å². The first-order valence-electron chi connectivity index (χ1n) is 15.1. The molecule has 0 aliphatic heterocycles. The Hall–Kier alpha value is -3.25. The lowest BCUT2D eigenvalue weighted by Crippen LogP contribution is -2.41. The Morgan fingerprint density at radius 1 is 0.953 bits per heavy atom. The number of rotatable bonds is 14. The molecular weight excluding hydrogens is 564 g/mol. The molecule has 0 saturated carbocycles.